The van der Waals surface area contributed by atoms with Crippen LogP contribution in [0.1, 0.15) is 39.0 Å². The van der Waals surface area contributed by atoms with Gasteiger partial charge < -0.3 is 5.32 Å². The van der Waals surface area contributed by atoms with E-state index in [1.54, 1.807) is 22.6 Å². The highest BCUT2D eigenvalue weighted by atomic mass is 32.2. The quantitative estimate of drug-likeness (QED) is 0.889. The van der Waals surface area contributed by atoms with Crippen LogP contribution in [0.4, 0.5) is 0 Å². The van der Waals surface area contributed by atoms with Crippen molar-refractivity contribution in [3.05, 3.63) is 24.5 Å². The molecule has 2 fully saturated rings. The van der Waals surface area contributed by atoms with Crippen molar-refractivity contribution in [2.75, 3.05) is 6.54 Å². The molecule has 0 bridgehead atoms. The Balaban J connectivity index is 2.00. The first-order valence-electron chi connectivity index (χ1n) is 7.66. The molecule has 7 heteroatoms. The molecule has 0 aliphatic carbocycles. The van der Waals surface area contributed by atoms with Gasteiger partial charge in [0.2, 0.25) is 15.9 Å². The summed E-state index contributed by atoms with van der Waals surface area (Å²) in [7, 11) is -3.59. The molecule has 0 unspecified atom stereocenters. The normalized spacial score (nSPS) is 30.2. The summed E-state index contributed by atoms with van der Waals surface area (Å²) in [5.41, 5.74) is -0.485. The van der Waals surface area contributed by atoms with E-state index in [-0.39, 0.29) is 16.8 Å². The van der Waals surface area contributed by atoms with Crippen LogP contribution in [0.3, 0.4) is 0 Å². The number of amides is 1. The molecular formula is C15H21N3O3S. The van der Waals surface area contributed by atoms with Crippen molar-refractivity contribution < 1.29 is 13.2 Å². The van der Waals surface area contributed by atoms with Gasteiger partial charge in [0.15, 0.2) is 0 Å². The molecule has 2 atom stereocenters. The van der Waals surface area contributed by atoms with Crippen LogP contribution in [0.15, 0.2) is 29.4 Å². The average molecular weight is 323 g/mol. The lowest BCUT2D eigenvalue weighted by Crippen LogP contribution is -2.63. The fourth-order valence-electron chi connectivity index (χ4n) is 3.58. The van der Waals surface area contributed by atoms with Crippen LogP contribution in [0.2, 0.25) is 0 Å². The lowest BCUT2D eigenvalue weighted by atomic mass is 9.82. The fraction of sp³-hybridized carbons (Fsp3) is 0.600. The molecule has 1 N–H and O–H groups in total. The topological polar surface area (TPSA) is 79.4 Å². The smallest absolute Gasteiger partial charge is 0.244 e. The maximum Gasteiger partial charge on any atom is 0.244 e. The molecule has 1 amide bonds. The van der Waals surface area contributed by atoms with Gasteiger partial charge in [0.05, 0.1) is 5.54 Å². The molecule has 3 heterocycles. The van der Waals surface area contributed by atoms with Crippen molar-refractivity contribution in [1.29, 1.82) is 0 Å². The number of nitrogens with one attached hydrogen (secondary N) is 1. The van der Waals surface area contributed by atoms with Gasteiger partial charge in [-0.2, -0.15) is 4.31 Å². The summed E-state index contributed by atoms with van der Waals surface area (Å²) in [4.78, 5) is 15.9. The lowest BCUT2D eigenvalue weighted by molar-refractivity contribution is -0.126. The maximum absolute atomic E-state index is 13.0. The summed E-state index contributed by atoms with van der Waals surface area (Å²) in [6, 6.07) is 3.01. The third-order valence-corrected chi connectivity index (χ3v) is 6.61. The molecule has 2 aliphatic rings. The van der Waals surface area contributed by atoms with E-state index < -0.39 is 15.6 Å². The van der Waals surface area contributed by atoms with Gasteiger partial charge >= 0.3 is 0 Å². The van der Waals surface area contributed by atoms with Crippen molar-refractivity contribution in [3.8, 4) is 0 Å². The highest BCUT2D eigenvalue weighted by Gasteiger charge is 2.47. The molecular weight excluding hydrogens is 302 g/mol. The van der Waals surface area contributed by atoms with Gasteiger partial charge in [0, 0.05) is 31.4 Å². The third-order valence-electron chi connectivity index (χ3n) is 4.72. The van der Waals surface area contributed by atoms with E-state index in [0.29, 0.717) is 19.4 Å². The Bertz CT molecular complexity index is 662. The number of hydrogen-bond acceptors (Lipinski definition) is 4. The summed E-state index contributed by atoms with van der Waals surface area (Å²) < 4.78 is 27.6. The minimum atomic E-state index is -3.59. The van der Waals surface area contributed by atoms with E-state index in [4.69, 9.17) is 0 Å². The number of rotatable bonds is 2. The van der Waals surface area contributed by atoms with Crippen LogP contribution in [0, 0.1) is 0 Å². The number of carbonyl (C=O) groups is 1. The van der Waals surface area contributed by atoms with Crippen molar-refractivity contribution in [2.45, 2.75) is 55.5 Å². The molecule has 0 aromatic carbocycles. The van der Waals surface area contributed by atoms with Crippen molar-refractivity contribution in [3.63, 3.8) is 0 Å². The molecule has 2 aliphatic heterocycles. The van der Waals surface area contributed by atoms with Crippen molar-refractivity contribution in [1.82, 2.24) is 14.6 Å². The van der Waals surface area contributed by atoms with Gasteiger partial charge in [-0.05, 0) is 44.7 Å². The number of pyridine rings is 1. The van der Waals surface area contributed by atoms with Gasteiger partial charge in [-0.1, -0.05) is 0 Å². The zero-order chi connectivity index (χ0) is 15.8. The van der Waals surface area contributed by atoms with Crippen LogP contribution in [0.5, 0.6) is 0 Å². The van der Waals surface area contributed by atoms with Gasteiger partial charge in [0.25, 0.3) is 0 Å². The highest BCUT2D eigenvalue weighted by molar-refractivity contribution is 7.89. The van der Waals surface area contributed by atoms with Gasteiger partial charge in [-0.25, -0.2) is 8.42 Å². The van der Waals surface area contributed by atoms with Crippen molar-refractivity contribution in [2.24, 2.45) is 0 Å². The van der Waals surface area contributed by atoms with E-state index in [0.717, 1.165) is 19.3 Å². The minimum absolute atomic E-state index is 0.0133. The molecule has 1 aromatic rings. The zero-order valence-corrected chi connectivity index (χ0v) is 13.5. The van der Waals surface area contributed by atoms with Crippen LogP contribution in [0.25, 0.3) is 0 Å². The molecule has 2 saturated heterocycles. The summed E-state index contributed by atoms with van der Waals surface area (Å²) >= 11 is 0. The number of nitrogens with zero attached hydrogens (tertiary/aromatic N) is 2. The Hall–Kier alpha value is -1.47. The predicted octanol–water partition coefficient (Wildman–Crippen LogP) is 1.29. The van der Waals surface area contributed by atoms with E-state index in [9.17, 15) is 13.2 Å². The van der Waals surface area contributed by atoms with E-state index >= 15 is 0 Å². The van der Waals surface area contributed by atoms with Crippen LogP contribution < -0.4 is 5.32 Å². The van der Waals surface area contributed by atoms with Crippen LogP contribution in [-0.2, 0) is 14.8 Å². The Morgan fingerprint density at radius 3 is 2.95 bits per heavy atom. The van der Waals surface area contributed by atoms with Crippen molar-refractivity contribution >= 4 is 15.9 Å². The summed E-state index contributed by atoms with van der Waals surface area (Å²) in [5.74, 6) is 0.0133. The molecule has 3 rings (SSSR count). The second kappa shape index (κ2) is 5.62. The Morgan fingerprint density at radius 1 is 1.41 bits per heavy atom. The van der Waals surface area contributed by atoms with E-state index in [1.807, 2.05) is 6.92 Å². The zero-order valence-electron chi connectivity index (χ0n) is 12.7. The minimum Gasteiger partial charge on any atom is -0.349 e. The summed E-state index contributed by atoms with van der Waals surface area (Å²) in [6.45, 7) is 2.46. The molecule has 0 spiro atoms. The van der Waals surface area contributed by atoms with Crippen LogP contribution >= 0.6 is 0 Å². The standard InChI is InChI=1S/C15H21N3O3S/c1-15-8-2-3-10-18(13(15)6-7-14(19)17-15)22(20,21)12-5-4-9-16-11-12/h4-5,9,11,13H,2-3,6-8,10H2,1H3,(H,17,19)/t13-,15-/m0/s1. The SMILES string of the molecule is C[C@]12CCCCN(S(=O)(=O)c3cccnc3)[C@H]1CCC(=O)N2. The Labute approximate surface area is 131 Å². The average Bonchev–Trinajstić information content (AvgIpc) is 2.66. The highest BCUT2D eigenvalue weighted by Crippen LogP contribution is 2.35. The number of aromatic nitrogens is 1. The first-order chi connectivity index (χ1) is 10.4. The van der Waals surface area contributed by atoms with Gasteiger partial charge in [-0.3, -0.25) is 9.78 Å². The molecule has 0 saturated carbocycles. The van der Waals surface area contributed by atoms with E-state index in [2.05, 4.69) is 10.3 Å². The number of carbonyl (C=O) groups excluding carboxylic acids is 1. The third kappa shape index (κ3) is 2.63. The molecule has 1 aromatic heterocycles. The number of fused-ring (bicyclic) bond motifs is 1. The van der Waals surface area contributed by atoms with E-state index in [1.165, 1.54) is 6.20 Å². The maximum atomic E-state index is 13.0. The predicted molar refractivity (Wildman–Crippen MR) is 81.5 cm³/mol. The molecule has 6 nitrogen and oxygen atoms in total. The Morgan fingerprint density at radius 2 is 2.23 bits per heavy atom. The number of hydrogen-bond donors (Lipinski definition) is 1. The number of piperidine rings is 1. The monoisotopic (exact) mass is 323 g/mol. The Kier molecular flexibility index (Phi) is 3.94. The van der Waals surface area contributed by atoms with Crippen LogP contribution in [-0.4, -0.2) is 41.7 Å². The summed E-state index contributed by atoms with van der Waals surface area (Å²) in [6.07, 6.45) is 6.42. The second-order valence-corrected chi connectivity index (χ2v) is 8.17. The largest absolute Gasteiger partial charge is 0.349 e. The lowest BCUT2D eigenvalue weighted by Gasteiger charge is -2.45. The molecule has 0 radical (unpaired) electrons. The molecule has 22 heavy (non-hydrogen) atoms. The number of sulfonamides is 1. The molecule has 120 valence electrons. The summed E-state index contributed by atoms with van der Waals surface area (Å²) in [5, 5.41) is 3.03. The first-order valence-corrected chi connectivity index (χ1v) is 9.10. The first kappa shape index (κ1) is 15.4. The van der Waals surface area contributed by atoms with Gasteiger partial charge in [0.1, 0.15) is 4.90 Å². The van der Waals surface area contributed by atoms with Gasteiger partial charge in [-0.15, -0.1) is 0 Å². The fourth-order valence-corrected chi connectivity index (χ4v) is 5.34. The second-order valence-electron chi connectivity index (χ2n) is 6.28.